The first-order chi connectivity index (χ1) is 12.5. The molecule has 2 aromatic rings. The van der Waals surface area contributed by atoms with E-state index in [0.717, 1.165) is 12.8 Å². The molecule has 26 heavy (non-hydrogen) atoms. The number of rotatable bonds is 5. The monoisotopic (exact) mass is 358 g/mol. The Morgan fingerprint density at radius 1 is 1.31 bits per heavy atom. The number of hydrogen-bond acceptors (Lipinski definition) is 5. The first-order valence-electron chi connectivity index (χ1n) is 8.67. The number of amides is 2. The van der Waals surface area contributed by atoms with Gasteiger partial charge in [-0.05, 0) is 31.7 Å². The molecule has 0 bridgehead atoms. The summed E-state index contributed by atoms with van der Waals surface area (Å²) >= 11 is 0. The fraction of sp³-hybridized carbons (Fsp3) is 0.444. The lowest BCUT2D eigenvalue weighted by molar-refractivity contribution is -0.133. The zero-order valence-corrected chi connectivity index (χ0v) is 14.7. The van der Waals surface area contributed by atoms with E-state index in [4.69, 9.17) is 4.52 Å². The van der Waals surface area contributed by atoms with Gasteiger partial charge in [-0.25, -0.2) is 0 Å². The average Bonchev–Trinajstić information content (AvgIpc) is 3.08. The molecule has 0 aromatic carbocycles. The van der Waals surface area contributed by atoms with Gasteiger partial charge >= 0.3 is 0 Å². The molecule has 8 heteroatoms. The van der Waals surface area contributed by atoms with Crippen molar-refractivity contribution < 1.29 is 14.1 Å². The number of carbonyl (C=O) groups excluding carboxylic acids is 2. The van der Waals surface area contributed by atoms with Gasteiger partial charge in [-0.1, -0.05) is 11.2 Å². The smallest absolute Gasteiger partial charge is 0.273 e. The molecule has 0 saturated carbocycles. The lowest BCUT2D eigenvalue weighted by Gasteiger charge is -2.32. The van der Waals surface area contributed by atoms with Gasteiger partial charge in [-0.15, -0.1) is 0 Å². The summed E-state index contributed by atoms with van der Waals surface area (Å²) in [5, 5.41) is 6.56. The van der Waals surface area contributed by atoms with Crippen LogP contribution < -0.4 is 10.9 Å². The van der Waals surface area contributed by atoms with Crippen molar-refractivity contribution in [3.05, 3.63) is 52.3 Å². The lowest BCUT2D eigenvalue weighted by Crippen LogP contribution is -2.43. The van der Waals surface area contributed by atoms with Crippen molar-refractivity contribution in [1.82, 2.24) is 19.9 Å². The number of nitrogens with one attached hydrogen (secondary N) is 1. The van der Waals surface area contributed by atoms with Gasteiger partial charge in [-0.3, -0.25) is 14.4 Å². The Morgan fingerprint density at radius 2 is 2.08 bits per heavy atom. The standard InChI is InChI=1S/C18H22N4O4/c1-13-10-15(20-26-13)18(25)19-11-14-5-8-21(9-6-14)17(24)12-22-7-3-2-4-16(22)23/h2-4,7,10,14H,5-6,8-9,11-12H2,1H3,(H,19,25). The number of nitrogens with zero attached hydrogens (tertiary/aromatic N) is 3. The van der Waals surface area contributed by atoms with Gasteiger partial charge in [-0.2, -0.15) is 0 Å². The van der Waals surface area contributed by atoms with E-state index in [1.54, 1.807) is 36.2 Å². The molecule has 0 radical (unpaired) electrons. The number of aryl methyl sites for hydroxylation is 1. The summed E-state index contributed by atoms with van der Waals surface area (Å²) in [5.41, 5.74) is 0.102. The lowest BCUT2D eigenvalue weighted by atomic mass is 9.96. The van der Waals surface area contributed by atoms with Crippen LogP contribution in [0.3, 0.4) is 0 Å². The summed E-state index contributed by atoms with van der Waals surface area (Å²) in [4.78, 5) is 37.8. The molecule has 0 atom stereocenters. The van der Waals surface area contributed by atoms with Crippen molar-refractivity contribution in [2.24, 2.45) is 5.92 Å². The quantitative estimate of drug-likeness (QED) is 0.853. The zero-order chi connectivity index (χ0) is 18.5. The summed E-state index contributed by atoms with van der Waals surface area (Å²) in [7, 11) is 0. The van der Waals surface area contributed by atoms with E-state index in [9.17, 15) is 14.4 Å². The molecule has 1 N–H and O–H groups in total. The van der Waals surface area contributed by atoms with E-state index in [1.165, 1.54) is 10.6 Å². The van der Waals surface area contributed by atoms with Crippen LogP contribution in [-0.2, 0) is 11.3 Å². The molecule has 0 aliphatic carbocycles. The molecule has 0 spiro atoms. The molecule has 1 saturated heterocycles. The third-order valence-corrected chi connectivity index (χ3v) is 4.58. The van der Waals surface area contributed by atoms with Crippen LogP contribution in [0.2, 0.25) is 0 Å². The number of likely N-dealkylation sites (tertiary alicyclic amines) is 1. The molecule has 138 valence electrons. The third kappa shape index (κ3) is 4.38. The van der Waals surface area contributed by atoms with Crippen molar-refractivity contribution in [1.29, 1.82) is 0 Å². The second-order valence-corrected chi connectivity index (χ2v) is 6.52. The molecule has 3 heterocycles. The highest BCUT2D eigenvalue weighted by Crippen LogP contribution is 2.17. The number of hydrogen-bond donors (Lipinski definition) is 1. The SMILES string of the molecule is Cc1cc(C(=O)NCC2CCN(C(=O)Cn3ccccc3=O)CC2)no1. The Kier molecular flexibility index (Phi) is 5.50. The third-order valence-electron chi connectivity index (χ3n) is 4.58. The van der Waals surface area contributed by atoms with E-state index in [0.29, 0.717) is 31.3 Å². The van der Waals surface area contributed by atoms with E-state index >= 15 is 0 Å². The second-order valence-electron chi connectivity index (χ2n) is 6.52. The van der Waals surface area contributed by atoms with Crippen molar-refractivity contribution >= 4 is 11.8 Å². The first-order valence-corrected chi connectivity index (χ1v) is 8.67. The molecule has 0 unspecified atom stereocenters. The number of aromatic nitrogens is 2. The van der Waals surface area contributed by atoms with Crippen molar-refractivity contribution in [2.45, 2.75) is 26.3 Å². The van der Waals surface area contributed by atoms with Crippen LogP contribution in [0.15, 0.2) is 39.8 Å². The van der Waals surface area contributed by atoms with Crippen LogP contribution in [-0.4, -0.2) is 46.1 Å². The van der Waals surface area contributed by atoms with Crippen LogP contribution in [0, 0.1) is 12.8 Å². The average molecular weight is 358 g/mol. The van der Waals surface area contributed by atoms with Gasteiger partial charge in [0.05, 0.1) is 0 Å². The molecule has 2 aromatic heterocycles. The summed E-state index contributed by atoms with van der Waals surface area (Å²) in [5.74, 6) is 0.609. The van der Waals surface area contributed by atoms with Crippen molar-refractivity contribution in [3.8, 4) is 0 Å². The predicted octanol–water partition coefficient (Wildman–Crippen LogP) is 0.813. The molecule has 8 nitrogen and oxygen atoms in total. The van der Waals surface area contributed by atoms with Gasteiger partial charge in [0.2, 0.25) is 5.91 Å². The maximum atomic E-state index is 12.4. The van der Waals surface area contributed by atoms with E-state index in [-0.39, 0.29) is 29.6 Å². The zero-order valence-electron chi connectivity index (χ0n) is 14.7. The largest absolute Gasteiger partial charge is 0.361 e. The molecule has 1 aliphatic heterocycles. The summed E-state index contributed by atoms with van der Waals surface area (Å²) in [6.07, 6.45) is 3.25. The predicted molar refractivity (Wildman–Crippen MR) is 93.6 cm³/mol. The molecular formula is C18H22N4O4. The van der Waals surface area contributed by atoms with Gasteiger partial charge in [0.25, 0.3) is 11.5 Å². The highest BCUT2D eigenvalue weighted by molar-refractivity contribution is 5.92. The minimum absolute atomic E-state index is 0.0566. The number of piperidine rings is 1. The maximum Gasteiger partial charge on any atom is 0.273 e. The van der Waals surface area contributed by atoms with Gasteiger partial charge in [0.15, 0.2) is 5.69 Å². The summed E-state index contributed by atoms with van der Waals surface area (Å²) in [6.45, 7) is 3.60. The van der Waals surface area contributed by atoms with Gasteiger partial charge in [0, 0.05) is 38.0 Å². The molecule has 2 amide bonds. The Labute approximate surface area is 150 Å². The van der Waals surface area contributed by atoms with Crippen LogP contribution >= 0.6 is 0 Å². The molecule has 1 fully saturated rings. The van der Waals surface area contributed by atoms with Gasteiger partial charge < -0.3 is 19.3 Å². The van der Waals surface area contributed by atoms with E-state index < -0.39 is 0 Å². The highest BCUT2D eigenvalue weighted by Gasteiger charge is 2.23. The van der Waals surface area contributed by atoms with Crippen LogP contribution in [0.25, 0.3) is 0 Å². The summed E-state index contributed by atoms with van der Waals surface area (Å²) < 4.78 is 6.31. The Bertz CT molecular complexity index is 833. The normalized spacial score (nSPS) is 15.0. The molecular weight excluding hydrogens is 336 g/mol. The first kappa shape index (κ1) is 17.9. The topological polar surface area (TPSA) is 97.4 Å². The van der Waals surface area contributed by atoms with Crippen LogP contribution in [0.4, 0.5) is 0 Å². The molecule has 3 rings (SSSR count). The number of carbonyl (C=O) groups is 2. The van der Waals surface area contributed by atoms with Crippen molar-refractivity contribution in [3.63, 3.8) is 0 Å². The minimum Gasteiger partial charge on any atom is -0.361 e. The maximum absolute atomic E-state index is 12.4. The van der Waals surface area contributed by atoms with E-state index in [1.807, 2.05) is 0 Å². The van der Waals surface area contributed by atoms with E-state index in [2.05, 4.69) is 10.5 Å². The highest BCUT2D eigenvalue weighted by atomic mass is 16.5. The number of pyridine rings is 1. The van der Waals surface area contributed by atoms with Crippen LogP contribution in [0.1, 0.15) is 29.1 Å². The van der Waals surface area contributed by atoms with Crippen LogP contribution in [0.5, 0.6) is 0 Å². The van der Waals surface area contributed by atoms with Crippen molar-refractivity contribution in [2.75, 3.05) is 19.6 Å². The second kappa shape index (κ2) is 7.99. The fourth-order valence-electron chi connectivity index (χ4n) is 3.02. The Balaban J connectivity index is 1.44. The molecule has 1 aliphatic rings. The summed E-state index contributed by atoms with van der Waals surface area (Å²) in [6, 6.07) is 6.43. The Morgan fingerprint density at radius 3 is 2.73 bits per heavy atom. The minimum atomic E-state index is -0.246. The van der Waals surface area contributed by atoms with Gasteiger partial charge in [0.1, 0.15) is 12.3 Å². The Hall–Kier alpha value is -2.90. The fourth-order valence-corrected chi connectivity index (χ4v) is 3.02.